The van der Waals surface area contributed by atoms with Crippen LogP contribution < -0.4 is 16.0 Å². The Hall–Kier alpha value is -2.48. The van der Waals surface area contributed by atoms with Crippen LogP contribution in [-0.2, 0) is 17.8 Å². The van der Waals surface area contributed by atoms with E-state index in [2.05, 4.69) is 32.9 Å². The number of aryl methyl sites for hydroxylation is 2. The number of benzene rings is 1. The third-order valence-corrected chi connectivity index (χ3v) is 4.86. The highest BCUT2D eigenvalue weighted by atomic mass is 32.1. The lowest BCUT2D eigenvalue weighted by atomic mass is 10.1. The zero-order valence-corrected chi connectivity index (χ0v) is 16.8. The van der Waals surface area contributed by atoms with Crippen LogP contribution in [0.15, 0.2) is 29.3 Å². The van der Waals surface area contributed by atoms with Crippen molar-refractivity contribution in [1.29, 1.82) is 0 Å². The summed E-state index contributed by atoms with van der Waals surface area (Å²) in [4.78, 5) is 22.1. The number of nitrogens with zero attached hydrogens (tertiary/aromatic N) is 2. The van der Waals surface area contributed by atoms with E-state index in [4.69, 9.17) is 0 Å². The molecular weight excluding hydrogens is 365 g/mol. The van der Waals surface area contributed by atoms with Gasteiger partial charge in [-0.25, -0.2) is 14.4 Å². The summed E-state index contributed by atoms with van der Waals surface area (Å²) in [6.07, 6.45) is 0.233. The maximum Gasteiger partial charge on any atom is 0.224 e. The molecule has 0 atom stereocenters. The van der Waals surface area contributed by atoms with Crippen LogP contribution in [0.25, 0.3) is 0 Å². The molecule has 0 aliphatic rings. The van der Waals surface area contributed by atoms with Gasteiger partial charge in [-0.1, -0.05) is 12.1 Å². The second-order valence-corrected chi connectivity index (χ2v) is 7.31. The molecule has 0 aliphatic carbocycles. The van der Waals surface area contributed by atoms with Gasteiger partial charge in [0.05, 0.1) is 18.7 Å². The zero-order chi connectivity index (χ0) is 19.6. The van der Waals surface area contributed by atoms with Crippen LogP contribution in [0.1, 0.15) is 28.1 Å². The molecule has 0 bridgehead atoms. The number of hydrogen-bond donors (Lipinski definition) is 3. The van der Waals surface area contributed by atoms with Gasteiger partial charge in [0.2, 0.25) is 5.91 Å². The number of rotatable bonds is 8. The van der Waals surface area contributed by atoms with Crippen molar-refractivity contribution in [3.05, 3.63) is 51.2 Å². The third-order valence-electron chi connectivity index (χ3n) is 3.81. The summed E-state index contributed by atoms with van der Waals surface area (Å²) in [5.41, 5.74) is 1.83. The molecule has 0 fully saturated rings. The number of nitrogens with one attached hydrogen (secondary N) is 3. The Morgan fingerprint density at radius 3 is 2.48 bits per heavy atom. The fourth-order valence-corrected chi connectivity index (χ4v) is 3.19. The Morgan fingerprint density at radius 1 is 1.15 bits per heavy atom. The molecule has 146 valence electrons. The van der Waals surface area contributed by atoms with E-state index in [0.717, 1.165) is 22.8 Å². The topological polar surface area (TPSA) is 78.4 Å². The monoisotopic (exact) mass is 391 g/mol. The number of amides is 1. The van der Waals surface area contributed by atoms with Crippen LogP contribution in [0, 0.1) is 19.7 Å². The van der Waals surface area contributed by atoms with Crippen molar-refractivity contribution in [3.8, 4) is 0 Å². The molecule has 6 nitrogen and oxygen atoms in total. The van der Waals surface area contributed by atoms with Crippen molar-refractivity contribution < 1.29 is 9.18 Å². The average molecular weight is 392 g/mol. The number of carbonyl (C=O) groups excluding carboxylic acids is 1. The highest BCUT2D eigenvalue weighted by molar-refractivity contribution is 7.11. The van der Waals surface area contributed by atoms with Crippen LogP contribution in [-0.4, -0.2) is 36.5 Å². The van der Waals surface area contributed by atoms with Gasteiger partial charge in [-0.15, -0.1) is 11.3 Å². The number of carbonyl (C=O) groups is 1. The first-order valence-electron chi connectivity index (χ1n) is 8.94. The largest absolute Gasteiger partial charge is 0.357 e. The fourth-order valence-electron chi connectivity index (χ4n) is 2.33. The summed E-state index contributed by atoms with van der Waals surface area (Å²) >= 11 is 1.65. The molecule has 2 rings (SSSR count). The van der Waals surface area contributed by atoms with Crippen molar-refractivity contribution in [2.45, 2.75) is 33.7 Å². The summed E-state index contributed by atoms with van der Waals surface area (Å²) in [7, 11) is 0. The van der Waals surface area contributed by atoms with Gasteiger partial charge in [0, 0.05) is 24.5 Å². The van der Waals surface area contributed by atoms with Crippen molar-refractivity contribution in [1.82, 2.24) is 20.9 Å². The maximum atomic E-state index is 12.9. The SMILES string of the molecule is CCNC(=NCc1nc(C)c(C)s1)NCCNC(=O)Cc1ccc(F)cc1. The van der Waals surface area contributed by atoms with Crippen LogP contribution in [0.3, 0.4) is 0 Å². The van der Waals surface area contributed by atoms with Crippen LogP contribution in [0.4, 0.5) is 4.39 Å². The van der Waals surface area contributed by atoms with Crippen molar-refractivity contribution in [3.63, 3.8) is 0 Å². The second kappa shape index (κ2) is 10.6. The first-order chi connectivity index (χ1) is 13.0. The molecule has 1 aromatic carbocycles. The Labute approximate surface area is 163 Å². The van der Waals surface area contributed by atoms with Crippen molar-refractivity contribution in [2.75, 3.05) is 19.6 Å². The van der Waals surface area contributed by atoms with Crippen molar-refractivity contribution >= 4 is 23.2 Å². The molecule has 0 radical (unpaired) electrons. The van der Waals surface area contributed by atoms with Crippen molar-refractivity contribution in [2.24, 2.45) is 4.99 Å². The second-order valence-electron chi connectivity index (χ2n) is 6.02. The van der Waals surface area contributed by atoms with Gasteiger partial charge >= 0.3 is 0 Å². The summed E-state index contributed by atoms with van der Waals surface area (Å²) in [5, 5.41) is 10.2. The smallest absolute Gasteiger partial charge is 0.224 e. The predicted octanol–water partition coefficient (Wildman–Crippen LogP) is 2.31. The van der Waals surface area contributed by atoms with Gasteiger partial charge in [0.15, 0.2) is 5.96 Å². The van der Waals surface area contributed by atoms with E-state index in [0.29, 0.717) is 25.6 Å². The highest BCUT2D eigenvalue weighted by Gasteiger charge is 2.05. The molecule has 8 heteroatoms. The van der Waals surface area contributed by atoms with Gasteiger partial charge in [0.1, 0.15) is 10.8 Å². The molecule has 2 aromatic rings. The van der Waals surface area contributed by atoms with E-state index in [1.165, 1.54) is 17.0 Å². The number of guanidine groups is 1. The predicted molar refractivity (Wildman–Crippen MR) is 108 cm³/mol. The normalized spacial score (nSPS) is 11.3. The third kappa shape index (κ3) is 7.34. The Bertz CT molecular complexity index is 753. The highest BCUT2D eigenvalue weighted by Crippen LogP contribution is 2.16. The molecule has 0 unspecified atom stereocenters. The molecule has 1 heterocycles. The van der Waals surface area contributed by atoms with Crippen LogP contribution in [0.2, 0.25) is 0 Å². The minimum Gasteiger partial charge on any atom is -0.357 e. The molecule has 1 aromatic heterocycles. The lowest BCUT2D eigenvalue weighted by Gasteiger charge is -2.11. The molecule has 27 heavy (non-hydrogen) atoms. The molecule has 0 aliphatic heterocycles. The molecule has 0 saturated carbocycles. The molecule has 0 spiro atoms. The van der Waals surface area contributed by atoms with Gasteiger partial charge in [-0.05, 0) is 38.5 Å². The minimum atomic E-state index is -0.304. The Balaban J connectivity index is 1.74. The van der Waals surface area contributed by atoms with Gasteiger partial charge in [-0.2, -0.15) is 0 Å². The fraction of sp³-hybridized carbons (Fsp3) is 0.421. The number of halogens is 1. The van der Waals surface area contributed by atoms with E-state index in [1.807, 2.05) is 13.8 Å². The zero-order valence-electron chi connectivity index (χ0n) is 15.9. The number of hydrogen-bond acceptors (Lipinski definition) is 4. The summed E-state index contributed by atoms with van der Waals surface area (Å²) in [5.74, 6) is 0.288. The summed E-state index contributed by atoms with van der Waals surface area (Å²) in [6.45, 7) is 8.34. The molecule has 1 amide bonds. The van der Waals surface area contributed by atoms with Crippen LogP contribution >= 0.6 is 11.3 Å². The van der Waals surface area contributed by atoms with Gasteiger partial charge < -0.3 is 16.0 Å². The minimum absolute atomic E-state index is 0.0981. The standard InChI is InChI=1S/C19H26FN5OS/c1-4-21-19(24-12-18-25-13(2)14(3)27-18)23-10-9-22-17(26)11-15-5-7-16(20)8-6-15/h5-8H,4,9-12H2,1-3H3,(H,22,26)(H2,21,23,24). The van der Waals surface area contributed by atoms with Gasteiger partial charge in [-0.3, -0.25) is 4.79 Å². The lowest BCUT2D eigenvalue weighted by Crippen LogP contribution is -2.41. The number of aromatic nitrogens is 1. The molecule has 0 saturated heterocycles. The Morgan fingerprint density at radius 2 is 1.85 bits per heavy atom. The maximum absolute atomic E-state index is 12.9. The van der Waals surface area contributed by atoms with Gasteiger partial charge in [0.25, 0.3) is 0 Å². The van der Waals surface area contributed by atoms with E-state index in [-0.39, 0.29) is 18.1 Å². The Kier molecular flexibility index (Phi) is 8.19. The van der Waals surface area contributed by atoms with Crippen LogP contribution in [0.5, 0.6) is 0 Å². The number of thiazole rings is 1. The molecule has 3 N–H and O–H groups in total. The summed E-state index contributed by atoms with van der Waals surface area (Å²) < 4.78 is 12.9. The molecular formula is C19H26FN5OS. The van der Waals surface area contributed by atoms with E-state index in [1.54, 1.807) is 23.5 Å². The van der Waals surface area contributed by atoms with E-state index >= 15 is 0 Å². The lowest BCUT2D eigenvalue weighted by molar-refractivity contribution is -0.120. The van der Waals surface area contributed by atoms with E-state index < -0.39 is 0 Å². The quantitative estimate of drug-likeness (QED) is 0.367. The first-order valence-corrected chi connectivity index (χ1v) is 9.75. The van der Waals surface area contributed by atoms with E-state index in [9.17, 15) is 9.18 Å². The average Bonchev–Trinajstić information content (AvgIpc) is 2.96. The first kappa shape index (κ1) is 20.8. The number of aliphatic imine (C=N–C) groups is 1. The summed E-state index contributed by atoms with van der Waals surface area (Å²) in [6, 6.07) is 5.94.